The van der Waals surface area contributed by atoms with E-state index in [1.165, 1.54) is 13.8 Å². The molecular formula is C9H16F2O2. The van der Waals surface area contributed by atoms with Gasteiger partial charge in [-0.25, -0.2) is 8.78 Å². The normalized spacial score (nSPS) is 12.6. The summed E-state index contributed by atoms with van der Waals surface area (Å²) in [7, 11) is 0. The topological polar surface area (TPSA) is 26.3 Å². The number of Topliss-reactive ketones (excluding diaryl/α,β-unsaturated/α-hetero) is 1. The van der Waals surface area contributed by atoms with Crippen LogP contribution in [-0.4, -0.2) is 24.4 Å². The minimum absolute atomic E-state index is 0.159. The Morgan fingerprint density at radius 3 is 2.15 bits per heavy atom. The molecular weight excluding hydrogens is 178 g/mol. The van der Waals surface area contributed by atoms with E-state index in [-0.39, 0.29) is 11.7 Å². The highest BCUT2D eigenvalue weighted by Crippen LogP contribution is 2.16. The first-order valence-corrected chi connectivity index (χ1v) is 4.23. The average molecular weight is 194 g/mol. The molecule has 13 heavy (non-hydrogen) atoms. The van der Waals surface area contributed by atoms with Gasteiger partial charge in [0, 0.05) is 5.92 Å². The van der Waals surface area contributed by atoms with E-state index in [4.69, 9.17) is 4.74 Å². The second-order valence-corrected chi connectivity index (χ2v) is 3.73. The molecule has 0 unspecified atom stereocenters. The summed E-state index contributed by atoms with van der Waals surface area (Å²) < 4.78 is 28.4. The lowest BCUT2D eigenvalue weighted by atomic mass is 9.94. The lowest BCUT2D eigenvalue weighted by Gasteiger charge is -2.25. The van der Waals surface area contributed by atoms with Crippen molar-refractivity contribution in [3.05, 3.63) is 0 Å². The molecule has 0 radical (unpaired) electrons. The van der Waals surface area contributed by atoms with Gasteiger partial charge in [0.15, 0.2) is 5.78 Å². The average Bonchev–Trinajstić information content (AvgIpc) is 1.99. The second kappa shape index (κ2) is 4.65. The number of halogens is 2. The van der Waals surface area contributed by atoms with E-state index in [1.54, 1.807) is 13.8 Å². The fourth-order valence-corrected chi connectivity index (χ4v) is 1.04. The number of carbonyl (C=O) groups is 1. The molecule has 0 rings (SSSR count). The van der Waals surface area contributed by atoms with Crippen molar-refractivity contribution >= 4 is 5.78 Å². The number of ether oxygens (including phenoxy) is 1. The SMILES string of the molecule is CC(C)C(=O)C(C)(C)OCC(F)F. The maximum Gasteiger partial charge on any atom is 0.261 e. The van der Waals surface area contributed by atoms with Crippen molar-refractivity contribution in [2.24, 2.45) is 5.92 Å². The third kappa shape index (κ3) is 4.31. The van der Waals surface area contributed by atoms with E-state index in [1.807, 2.05) is 0 Å². The number of hydrogen-bond acceptors (Lipinski definition) is 2. The summed E-state index contributed by atoms with van der Waals surface area (Å²) in [6.45, 7) is 5.77. The van der Waals surface area contributed by atoms with Crippen molar-refractivity contribution < 1.29 is 18.3 Å². The Morgan fingerprint density at radius 1 is 1.38 bits per heavy atom. The van der Waals surface area contributed by atoms with E-state index < -0.39 is 18.6 Å². The van der Waals surface area contributed by atoms with Crippen LogP contribution in [0.5, 0.6) is 0 Å². The Morgan fingerprint density at radius 2 is 1.85 bits per heavy atom. The van der Waals surface area contributed by atoms with Gasteiger partial charge in [-0.3, -0.25) is 4.79 Å². The molecule has 0 N–H and O–H groups in total. The molecule has 4 heteroatoms. The molecule has 0 aromatic rings. The first-order chi connectivity index (χ1) is 5.77. The van der Waals surface area contributed by atoms with Crippen molar-refractivity contribution in [1.82, 2.24) is 0 Å². The van der Waals surface area contributed by atoms with Crippen LogP contribution in [0.15, 0.2) is 0 Å². The van der Waals surface area contributed by atoms with E-state index in [0.717, 1.165) is 0 Å². The summed E-state index contributed by atoms with van der Waals surface area (Å²) in [6.07, 6.45) is -2.53. The molecule has 0 heterocycles. The molecule has 0 aromatic carbocycles. The number of alkyl halides is 2. The second-order valence-electron chi connectivity index (χ2n) is 3.73. The van der Waals surface area contributed by atoms with Gasteiger partial charge in [0.2, 0.25) is 0 Å². The van der Waals surface area contributed by atoms with E-state index in [0.29, 0.717) is 0 Å². The van der Waals surface area contributed by atoms with Crippen LogP contribution in [0.3, 0.4) is 0 Å². The van der Waals surface area contributed by atoms with Gasteiger partial charge in [-0.2, -0.15) is 0 Å². The highest BCUT2D eigenvalue weighted by molar-refractivity contribution is 5.88. The molecule has 0 aliphatic rings. The van der Waals surface area contributed by atoms with Crippen molar-refractivity contribution in [2.75, 3.05) is 6.61 Å². The van der Waals surface area contributed by atoms with Crippen LogP contribution >= 0.6 is 0 Å². The lowest BCUT2D eigenvalue weighted by Crippen LogP contribution is -2.39. The Balaban J connectivity index is 4.14. The van der Waals surface area contributed by atoms with Gasteiger partial charge in [-0.1, -0.05) is 13.8 Å². The number of rotatable bonds is 5. The molecule has 0 saturated carbocycles. The number of carbonyl (C=O) groups excluding carboxylic acids is 1. The van der Waals surface area contributed by atoms with Crippen LogP contribution in [0.2, 0.25) is 0 Å². The molecule has 0 bridgehead atoms. The van der Waals surface area contributed by atoms with Crippen LogP contribution in [0.25, 0.3) is 0 Å². The first-order valence-electron chi connectivity index (χ1n) is 4.23. The van der Waals surface area contributed by atoms with Gasteiger partial charge in [0.05, 0.1) is 0 Å². The summed E-state index contributed by atoms with van der Waals surface area (Å²) in [6, 6.07) is 0. The predicted molar refractivity (Wildman–Crippen MR) is 45.9 cm³/mol. The van der Waals surface area contributed by atoms with Crippen molar-refractivity contribution in [3.8, 4) is 0 Å². The maximum absolute atomic E-state index is 11.8. The summed E-state index contributed by atoms with van der Waals surface area (Å²) in [5.41, 5.74) is -1.11. The molecule has 2 nitrogen and oxygen atoms in total. The minimum Gasteiger partial charge on any atom is -0.362 e. The van der Waals surface area contributed by atoms with Crippen LogP contribution in [-0.2, 0) is 9.53 Å². The Hall–Kier alpha value is -0.510. The van der Waals surface area contributed by atoms with E-state index >= 15 is 0 Å². The Kier molecular flexibility index (Phi) is 4.47. The highest BCUT2D eigenvalue weighted by Gasteiger charge is 2.31. The van der Waals surface area contributed by atoms with Crippen molar-refractivity contribution in [2.45, 2.75) is 39.7 Å². The van der Waals surface area contributed by atoms with E-state index in [2.05, 4.69) is 0 Å². The Labute approximate surface area is 77.3 Å². The van der Waals surface area contributed by atoms with Gasteiger partial charge in [-0.05, 0) is 13.8 Å². The Bertz CT molecular complexity index is 176. The molecule has 0 atom stereocenters. The largest absolute Gasteiger partial charge is 0.362 e. The third-order valence-corrected chi connectivity index (χ3v) is 1.69. The minimum atomic E-state index is -2.53. The van der Waals surface area contributed by atoms with Crippen molar-refractivity contribution in [1.29, 1.82) is 0 Å². The zero-order chi connectivity index (χ0) is 10.6. The third-order valence-electron chi connectivity index (χ3n) is 1.69. The van der Waals surface area contributed by atoms with E-state index in [9.17, 15) is 13.6 Å². The van der Waals surface area contributed by atoms with Crippen LogP contribution < -0.4 is 0 Å². The molecule has 0 aromatic heterocycles. The molecule has 0 amide bonds. The first kappa shape index (κ1) is 12.5. The zero-order valence-corrected chi connectivity index (χ0v) is 8.43. The standard InChI is InChI=1S/C9H16F2O2/c1-6(2)8(12)9(3,4)13-5-7(10)11/h6-7H,5H2,1-4H3. The quantitative estimate of drug-likeness (QED) is 0.671. The monoisotopic (exact) mass is 194 g/mol. The summed E-state index contributed by atoms with van der Waals surface area (Å²) >= 11 is 0. The zero-order valence-electron chi connectivity index (χ0n) is 8.43. The summed E-state index contributed by atoms with van der Waals surface area (Å²) in [4.78, 5) is 11.4. The predicted octanol–water partition coefficient (Wildman–Crippen LogP) is 2.27. The van der Waals surface area contributed by atoms with Crippen LogP contribution in [0.1, 0.15) is 27.7 Å². The van der Waals surface area contributed by atoms with Gasteiger partial charge in [0.1, 0.15) is 12.2 Å². The van der Waals surface area contributed by atoms with Crippen molar-refractivity contribution in [3.63, 3.8) is 0 Å². The number of ketones is 1. The molecule has 0 saturated heterocycles. The summed E-state index contributed by atoms with van der Waals surface area (Å²) in [5, 5.41) is 0. The van der Waals surface area contributed by atoms with Gasteiger partial charge < -0.3 is 4.74 Å². The van der Waals surface area contributed by atoms with Gasteiger partial charge >= 0.3 is 0 Å². The van der Waals surface area contributed by atoms with Gasteiger partial charge in [0.25, 0.3) is 6.43 Å². The highest BCUT2D eigenvalue weighted by atomic mass is 19.3. The van der Waals surface area contributed by atoms with Gasteiger partial charge in [-0.15, -0.1) is 0 Å². The molecule has 0 fully saturated rings. The summed E-state index contributed by atoms with van der Waals surface area (Å²) in [5.74, 6) is -0.360. The maximum atomic E-state index is 11.8. The van der Waals surface area contributed by atoms with Crippen LogP contribution in [0, 0.1) is 5.92 Å². The molecule has 0 spiro atoms. The fourth-order valence-electron chi connectivity index (χ4n) is 1.04. The number of hydrogen-bond donors (Lipinski definition) is 0. The fraction of sp³-hybridized carbons (Fsp3) is 0.889. The molecule has 78 valence electrons. The van der Waals surface area contributed by atoms with Crippen LogP contribution in [0.4, 0.5) is 8.78 Å². The molecule has 0 aliphatic heterocycles. The molecule has 0 aliphatic carbocycles. The lowest BCUT2D eigenvalue weighted by molar-refractivity contribution is -0.148. The smallest absolute Gasteiger partial charge is 0.261 e.